The van der Waals surface area contributed by atoms with E-state index in [0.29, 0.717) is 6.61 Å². The van der Waals surface area contributed by atoms with Crippen LogP contribution in [-0.4, -0.2) is 37.9 Å². The Hall–Kier alpha value is 0.594. The fourth-order valence-corrected chi connectivity index (χ4v) is 6.90. The second kappa shape index (κ2) is 65.4. The summed E-state index contributed by atoms with van der Waals surface area (Å²) in [5.74, 6) is 0. The molecule has 0 aromatic rings. The largest absolute Gasteiger partial charge is 2.00 e. The molecule has 0 aromatic carbocycles. The number of unbranched alkanes of at least 4 members (excludes halogenated alkanes) is 35. The van der Waals surface area contributed by atoms with E-state index < -0.39 is 0 Å². The number of hydrogen-bond acceptors (Lipinski definition) is 1. The molecule has 0 unspecified atom stereocenters. The molecule has 0 aromatic heterocycles. The smallest absolute Gasteiger partial charge is 0.662 e. The third-order valence-corrected chi connectivity index (χ3v) is 10.7. The summed E-state index contributed by atoms with van der Waals surface area (Å²) in [6, 6.07) is 0. The van der Waals surface area contributed by atoms with E-state index in [1.54, 1.807) is 0 Å². The van der Waals surface area contributed by atoms with Gasteiger partial charge in [0.2, 0.25) is 0 Å². The summed E-state index contributed by atoms with van der Waals surface area (Å²) >= 11 is 0. The second-order valence-corrected chi connectivity index (χ2v) is 16.4. The zero-order chi connectivity index (χ0) is 39.2. The van der Waals surface area contributed by atoms with Crippen LogP contribution in [0.5, 0.6) is 0 Å². The van der Waals surface area contributed by atoms with Gasteiger partial charge in [-0.15, -0.1) is 26.2 Å². The first-order valence-corrected chi connectivity index (χ1v) is 25.1. The van der Waals surface area contributed by atoms with E-state index in [9.17, 15) is 0 Å². The number of nitrogens with zero attached hydrogens (tertiary/aromatic N) is 2. The van der Waals surface area contributed by atoms with E-state index in [2.05, 4.69) is 45.3 Å². The normalized spacial score (nSPS) is 10.8. The number of aliphatic hydroxyl groups excluding tert-OH is 1. The Kier molecular flexibility index (Phi) is 74.2. The van der Waals surface area contributed by atoms with E-state index in [4.69, 9.17) is 5.11 Å². The van der Waals surface area contributed by atoms with Crippen molar-refractivity contribution in [2.75, 3.05) is 32.8 Å². The Morgan fingerprint density at radius 2 is 0.370 bits per heavy atom. The number of aliphatic hydroxyl groups is 1. The zero-order valence-electron chi connectivity index (χ0n) is 38.7. The van der Waals surface area contributed by atoms with Crippen LogP contribution in [0.25, 0.3) is 10.6 Å². The molecule has 0 aliphatic rings. The van der Waals surface area contributed by atoms with Crippen molar-refractivity contribution in [3.8, 4) is 0 Å². The third-order valence-electron chi connectivity index (χ3n) is 10.7. The van der Waals surface area contributed by atoms with Crippen LogP contribution in [-0.2, 0) is 21.7 Å². The van der Waals surface area contributed by atoms with Gasteiger partial charge in [0.25, 0.3) is 0 Å². The first-order valence-electron chi connectivity index (χ1n) is 25.1. The van der Waals surface area contributed by atoms with Crippen LogP contribution in [0.1, 0.15) is 291 Å². The maximum absolute atomic E-state index is 8.51. The van der Waals surface area contributed by atoms with Gasteiger partial charge in [0.1, 0.15) is 0 Å². The monoisotopic (exact) mass is 799 g/mol. The Bertz CT molecular complexity index is 467. The van der Waals surface area contributed by atoms with Crippen LogP contribution in [0.3, 0.4) is 0 Å². The van der Waals surface area contributed by atoms with Crippen molar-refractivity contribution in [2.24, 2.45) is 0 Å². The summed E-state index contributed by atoms with van der Waals surface area (Å²) in [4.78, 5) is 0. The van der Waals surface area contributed by atoms with Crippen molar-refractivity contribution in [3.63, 3.8) is 0 Å². The Balaban J connectivity index is -0.000000361. The minimum absolute atomic E-state index is 0. The van der Waals surface area contributed by atoms with Crippen LogP contribution < -0.4 is 0 Å². The maximum atomic E-state index is 8.51. The first kappa shape index (κ1) is 61.3. The van der Waals surface area contributed by atoms with Gasteiger partial charge < -0.3 is 15.7 Å². The van der Waals surface area contributed by atoms with Crippen LogP contribution in [0.2, 0.25) is 0 Å². The van der Waals surface area contributed by atoms with Gasteiger partial charge in [0.15, 0.2) is 0 Å². The maximum Gasteiger partial charge on any atom is 2.00 e. The summed E-state index contributed by atoms with van der Waals surface area (Å²) in [6.45, 7) is 16.2. The van der Waals surface area contributed by atoms with Crippen molar-refractivity contribution in [2.45, 2.75) is 291 Å². The molecule has 0 bridgehead atoms. The summed E-state index contributed by atoms with van der Waals surface area (Å²) < 4.78 is 0. The standard InChI is InChI=1S/2C20H42N.C10H22O.Ti/c2*1-3-5-7-9-11-13-15-17-19-21-20-18-16-14-12-10-8-6-4-2;1-2-3-4-5-6-7-8-9-10-11;/h2*3-20H2,1-2H3;11H,2-10H2,1H3;/q2*-1;;+2. The van der Waals surface area contributed by atoms with E-state index in [0.717, 1.165) is 32.6 Å². The predicted molar refractivity (Wildman–Crippen MR) is 246 cm³/mol. The molecule has 0 spiro atoms. The molecule has 0 aliphatic carbocycles. The Labute approximate surface area is 360 Å². The minimum Gasteiger partial charge on any atom is -0.662 e. The average Bonchev–Trinajstić information content (AvgIpc) is 3.17. The van der Waals surface area contributed by atoms with Crippen molar-refractivity contribution < 1.29 is 26.8 Å². The van der Waals surface area contributed by atoms with Gasteiger partial charge in [-0.05, 0) is 6.42 Å². The van der Waals surface area contributed by atoms with Crippen molar-refractivity contribution in [3.05, 3.63) is 10.6 Å². The molecule has 0 aliphatic heterocycles. The molecule has 0 saturated carbocycles. The van der Waals surface area contributed by atoms with Crippen LogP contribution >= 0.6 is 0 Å². The summed E-state index contributed by atoms with van der Waals surface area (Å²) in [5.41, 5.74) is 0. The fraction of sp³-hybridized carbons (Fsp3) is 1.00. The number of hydrogen-bond donors (Lipinski definition) is 1. The first-order chi connectivity index (χ1) is 26.2. The average molecular weight is 799 g/mol. The molecule has 0 atom stereocenters. The zero-order valence-corrected chi connectivity index (χ0v) is 40.2. The molecule has 54 heavy (non-hydrogen) atoms. The quantitative estimate of drug-likeness (QED) is 0.0484. The van der Waals surface area contributed by atoms with Crippen molar-refractivity contribution in [1.82, 2.24) is 0 Å². The molecule has 4 heteroatoms. The predicted octanol–water partition coefficient (Wildman–Crippen LogP) is 18.4. The molecule has 0 rings (SSSR count). The van der Waals surface area contributed by atoms with Crippen LogP contribution in [0.4, 0.5) is 0 Å². The third kappa shape index (κ3) is 70.4. The van der Waals surface area contributed by atoms with Gasteiger partial charge in [-0.3, -0.25) is 0 Å². The van der Waals surface area contributed by atoms with E-state index in [-0.39, 0.29) is 21.7 Å². The molecular formula is C50H106N2OTi. The summed E-state index contributed by atoms with van der Waals surface area (Å²) in [7, 11) is 0. The molecule has 0 heterocycles. The SMILES string of the molecule is CCCCCCCCCCO.CCCCCCCCCC[N-]CCCCCCCCCC.CCCCCCCCCC[N-]CCCCCCCCCC.[Ti+2]. The Morgan fingerprint density at radius 1 is 0.222 bits per heavy atom. The van der Waals surface area contributed by atoms with Gasteiger partial charge in [-0.25, -0.2) is 0 Å². The van der Waals surface area contributed by atoms with Gasteiger partial charge in [-0.2, -0.15) is 0 Å². The second-order valence-electron chi connectivity index (χ2n) is 16.4. The molecular weight excluding hydrogens is 692 g/mol. The fourth-order valence-electron chi connectivity index (χ4n) is 6.90. The van der Waals surface area contributed by atoms with E-state index in [1.807, 2.05) is 0 Å². The van der Waals surface area contributed by atoms with Gasteiger partial charge in [0, 0.05) is 6.61 Å². The van der Waals surface area contributed by atoms with Gasteiger partial charge in [-0.1, -0.05) is 285 Å². The number of rotatable bonds is 44. The van der Waals surface area contributed by atoms with E-state index >= 15 is 0 Å². The molecule has 1 N–H and O–H groups in total. The minimum atomic E-state index is 0. The molecule has 3 nitrogen and oxygen atoms in total. The molecule has 0 radical (unpaired) electrons. The molecule has 326 valence electrons. The van der Waals surface area contributed by atoms with Crippen molar-refractivity contribution in [1.29, 1.82) is 0 Å². The topological polar surface area (TPSA) is 48.4 Å². The Morgan fingerprint density at radius 3 is 0.537 bits per heavy atom. The summed E-state index contributed by atoms with van der Waals surface area (Å²) in [5, 5.41) is 17.8. The summed E-state index contributed by atoms with van der Waals surface area (Å²) in [6.07, 6.45) is 55.4. The van der Waals surface area contributed by atoms with Gasteiger partial charge in [0.05, 0.1) is 0 Å². The van der Waals surface area contributed by atoms with Gasteiger partial charge >= 0.3 is 21.7 Å². The van der Waals surface area contributed by atoms with Crippen LogP contribution in [0.15, 0.2) is 0 Å². The van der Waals surface area contributed by atoms with Crippen LogP contribution in [0, 0.1) is 0 Å². The van der Waals surface area contributed by atoms with Crippen molar-refractivity contribution >= 4 is 0 Å². The molecule has 0 saturated heterocycles. The molecule has 0 amide bonds. The van der Waals surface area contributed by atoms with E-state index in [1.165, 1.54) is 250 Å². The molecule has 0 fully saturated rings.